The Labute approximate surface area is 131 Å². The van der Waals surface area contributed by atoms with Crippen molar-refractivity contribution in [1.29, 1.82) is 0 Å². The van der Waals surface area contributed by atoms with E-state index in [-0.39, 0.29) is 6.04 Å². The molecule has 23 heavy (non-hydrogen) atoms. The molecule has 2 aromatic rings. The van der Waals surface area contributed by atoms with E-state index in [9.17, 15) is 18.0 Å². The molecule has 1 atom stereocenters. The minimum atomic E-state index is -1.68. The van der Waals surface area contributed by atoms with E-state index in [2.05, 4.69) is 15.6 Å². The van der Waals surface area contributed by atoms with Gasteiger partial charge in [-0.05, 0) is 37.6 Å². The molecule has 0 spiro atoms. The van der Waals surface area contributed by atoms with Crippen molar-refractivity contribution in [2.24, 2.45) is 0 Å². The molecule has 2 rings (SSSR count). The highest BCUT2D eigenvalue weighted by Crippen LogP contribution is 2.17. The predicted octanol–water partition coefficient (Wildman–Crippen LogP) is 3.96. The average molecular weight is 323 g/mol. The molecule has 0 fully saturated rings. The summed E-state index contributed by atoms with van der Waals surface area (Å²) in [6, 6.07) is 5.07. The summed E-state index contributed by atoms with van der Waals surface area (Å²) >= 11 is 0. The number of hydrogen-bond donors (Lipinski definition) is 2. The van der Waals surface area contributed by atoms with Gasteiger partial charge in [0.15, 0.2) is 17.5 Å². The van der Waals surface area contributed by atoms with Crippen LogP contribution in [0.4, 0.5) is 24.7 Å². The van der Waals surface area contributed by atoms with Crippen LogP contribution in [-0.4, -0.2) is 16.9 Å². The molecule has 4 nitrogen and oxygen atoms in total. The Balaban J connectivity index is 2.10. The second kappa shape index (κ2) is 7.13. The molecule has 1 unspecified atom stereocenters. The fourth-order valence-electron chi connectivity index (χ4n) is 1.81. The highest BCUT2D eigenvalue weighted by atomic mass is 19.2. The van der Waals surface area contributed by atoms with Crippen molar-refractivity contribution in [2.45, 2.75) is 26.3 Å². The van der Waals surface area contributed by atoms with Crippen molar-refractivity contribution in [2.75, 3.05) is 10.6 Å². The van der Waals surface area contributed by atoms with E-state index < -0.39 is 28.9 Å². The molecule has 0 radical (unpaired) electrons. The Hall–Kier alpha value is -2.57. The number of benzene rings is 1. The summed E-state index contributed by atoms with van der Waals surface area (Å²) in [5.74, 6) is -4.79. The third kappa shape index (κ3) is 4.00. The van der Waals surface area contributed by atoms with Crippen molar-refractivity contribution in [3.8, 4) is 0 Å². The normalized spacial score (nSPS) is 11.9. The zero-order valence-electron chi connectivity index (χ0n) is 12.7. The summed E-state index contributed by atoms with van der Waals surface area (Å²) in [4.78, 5) is 16.0. The fourth-order valence-corrected chi connectivity index (χ4v) is 1.81. The Morgan fingerprint density at radius 2 is 1.91 bits per heavy atom. The lowest BCUT2D eigenvalue weighted by Gasteiger charge is -2.12. The zero-order valence-corrected chi connectivity index (χ0v) is 12.7. The number of hydrogen-bond acceptors (Lipinski definition) is 3. The van der Waals surface area contributed by atoms with Crippen molar-refractivity contribution >= 4 is 17.4 Å². The van der Waals surface area contributed by atoms with E-state index >= 15 is 0 Å². The van der Waals surface area contributed by atoms with E-state index in [0.717, 1.165) is 12.5 Å². The lowest BCUT2D eigenvalue weighted by atomic mass is 10.2. The summed E-state index contributed by atoms with van der Waals surface area (Å²) in [6.07, 6.45) is 2.32. The number of carbonyl (C=O) groups excluding carboxylic acids is 1. The van der Waals surface area contributed by atoms with Crippen molar-refractivity contribution in [3.63, 3.8) is 0 Å². The second-order valence-corrected chi connectivity index (χ2v) is 5.06. The molecule has 7 heteroatoms. The van der Waals surface area contributed by atoms with Crippen molar-refractivity contribution in [3.05, 3.63) is 53.5 Å². The maximum Gasteiger partial charge on any atom is 0.258 e. The van der Waals surface area contributed by atoms with Crippen molar-refractivity contribution in [1.82, 2.24) is 4.98 Å². The van der Waals surface area contributed by atoms with Gasteiger partial charge in [0, 0.05) is 6.04 Å². The molecule has 1 amide bonds. The highest BCUT2D eigenvalue weighted by Gasteiger charge is 2.18. The van der Waals surface area contributed by atoms with E-state index in [1.165, 1.54) is 6.20 Å². The Morgan fingerprint density at radius 3 is 2.52 bits per heavy atom. The van der Waals surface area contributed by atoms with Gasteiger partial charge in [-0.3, -0.25) is 4.79 Å². The van der Waals surface area contributed by atoms with Gasteiger partial charge < -0.3 is 10.6 Å². The number of amides is 1. The van der Waals surface area contributed by atoms with E-state index in [1.807, 2.05) is 13.8 Å². The summed E-state index contributed by atoms with van der Waals surface area (Å²) in [6.45, 7) is 4.03. The molecule has 2 N–H and O–H groups in total. The molecule has 0 bridgehead atoms. The number of aromatic nitrogens is 1. The average Bonchev–Trinajstić information content (AvgIpc) is 2.54. The summed E-state index contributed by atoms with van der Waals surface area (Å²) < 4.78 is 39.6. The number of carbonyl (C=O) groups is 1. The summed E-state index contributed by atoms with van der Waals surface area (Å²) in [7, 11) is 0. The molecule has 0 aliphatic rings. The van der Waals surface area contributed by atoms with Gasteiger partial charge in [0.2, 0.25) is 0 Å². The van der Waals surface area contributed by atoms with Gasteiger partial charge in [-0.1, -0.05) is 6.92 Å². The Morgan fingerprint density at radius 1 is 1.17 bits per heavy atom. The molecule has 1 heterocycles. The minimum absolute atomic E-state index is 0.249. The quantitative estimate of drug-likeness (QED) is 0.819. The van der Waals surface area contributed by atoms with Crippen LogP contribution >= 0.6 is 0 Å². The monoisotopic (exact) mass is 323 g/mol. The first-order valence-electron chi connectivity index (χ1n) is 7.09. The molecule has 1 aromatic heterocycles. The lowest BCUT2D eigenvalue weighted by Crippen LogP contribution is -2.16. The maximum atomic E-state index is 13.6. The van der Waals surface area contributed by atoms with Crippen molar-refractivity contribution < 1.29 is 18.0 Å². The van der Waals surface area contributed by atoms with Crippen LogP contribution in [0.1, 0.15) is 30.6 Å². The number of nitrogens with zero attached hydrogens (tertiary/aromatic N) is 1. The Kier molecular flexibility index (Phi) is 5.20. The summed E-state index contributed by atoms with van der Waals surface area (Å²) in [5.41, 5.74) is -0.264. The van der Waals surface area contributed by atoms with Gasteiger partial charge in [0.25, 0.3) is 5.91 Å². The smallest absolute Gasteiger partial charge is 0.258 e. The van der Waals surface area contributed by atoms with Crippen LogP contribution in [0.3, 0.4) is 0 Å². The highest BCUT2D eigenvalue weighted by molar-refractivity contribution is 6.04. The molecular weight excluding hydrogens is 307 g/mol. The first kappa shape index (κ1) is 16.8. The van der Waals surface area contributed by atoms with Crippen LogP contribution < -0.4 is 10.6 Å². The van der Waals surface area contributed by atoms with Gasteiger partial charge in [0.05, 0.1) is 17.4 Å². The number of anilines is 2. The SMILES string of the molecule is CCC(C)Nc1ccc(NC(=O)c2ccc(F)c(F)c2F)cn1. The van der Waals surface area contributed by atoms with Crippen LogP contribution in [0.15, 0.2) is 30.5 Å². The van der Waals surface area contributed by atoms with Crippen LogP contribution in [0.5, 0.6) is 0 Å². The standard InChI is InChI=1S/C16H16F3N3O/c1-3-9(2)21-13-7-4-10(8-20-13)22-16(23)11-5-6-12(17)15(19)14(11)18/h4-9H,3H2,1-2H3,(H,20,21)(H,22,23). The third-order valence-corrected chi connectivity index (χ3v) is 3.31. The first-order valence-corrected chi connectivity index (χ1v) is 7.09. The zero-order chi connectivity index (χ0) is 17.0. The fraction of sp³-hybridized carbons (Fsp3) is 0.250. The van der Waals surface area contributed by atoms with Crippen LogP contribution in [0, 0.1) is 17.5 Å². The molecule has 0 saturated heterocycles. The number of halogens is 3. The largest absolute Gasteiger partial charge is 0.368 e. The molecule has 0 aliphatic heterocycles. The van der Waals surface area contributed by atoms with E-state index in [0.29, 0.717) is 17.6 Å². The van der Waals surface area contributed by atoms with Gasteiger partial charge in [-0.2, -0.15) is 0 Å². The van der Waals surface area contributed by atoms with Gasteiger partial charge in [0.1, 0.15) is 5.82 Å². The Bertz CT molecular complexity index is 704. The van der Waals surface area contributed by atoms with Crippen LogP contribution in [0.2, 0.25) is 0 Å². The number of pyridine rings is 1. The van der Waals surface area contributed by atoms with E-state index in [4.69, 9.17) is 0 Å². The second-order valence-electron chi connectivity index (χ2n) is 5.06. The van der Waals surface area contributed by atoms with Gasteiger partial charge >= 0.3 is 0 Å². The molecule has 1 aromatic carbocycles. The van der Waals surface area contributed by atoms with E-state index in [1.54, 1.807) is 12.1 Å². The van der Waals surface area contributed by atoms with Crippen LogP contribution in [0.25, 0.3) is 0 Å². The third-order valence-electron chi connectivity index (χ3n) is 3.31. The van der Waals surface area contributed by atoms with Gasteiger partial charge in [-0.15, -0.1) is 0 Å². The predicted molar refractivity (Wildman–Crippen MR) is 81.9 cm³/mol. The lowest BCUT2D eigenvalue weighted by molar-refractivity contribution is 0.102. The first-order chi connectivity index (χ1) is 10.9. The molecular formula is C16H16F3N3O. The maximum absolute atomic E-state index is 13.6. The molecule has 0 saturated carbocycles. The molecule has 0 aliphatic carbocycles. The number of rotatable bonds is 5. The molecule has 122 valence electrons. The summed E-state index contributed by atoms with van der Waals surface area (Å²) in [5, 5.41) is 5.53. The topological polar surface area (TPSA) is 54.0 Å². The number of nitrogens with one attached hydrogen (secondary N) is 2. The van der Waals surface area contributed by atoms with Crippen LogP contribution in [-0.2, 0) is 0 Å². The minimum Gasteiger partial charge on any atom is -0.368 e. The van der Waals surface area contributed by atoms with Gasteiger partial charge in [-0.25, -0.2) is 18.2 Å².